The number of carboxylic acid groups (broad SMARTS) is 1. The molecule has 2 aromatic carbocycles. The first-order chi connectivity index (χ1) is 13.0. The van der Waals surface area contributed by atoms with Crippen molar-refractivity contribution in [2.75, 3.05) is 5.88 Å². The van der Waals surface area contributed by atoms with E-state index in [0.717, 1.165) is 0 Å². The molecule has 0 aliphatic carbocycles. The van der Waals surface area contributed by atoms with E-state index in [2.05, 4.69) is 15.2 Å². The Morgan fingerprint density at radius 3 is 2.26 bits per heavy atom. The van der Waals surface area contributed by atoms with E-state index in [0.29, 0.717) is 33.4 Å². The summed E-state index contributed by atoms with van der Waals surface area (Å²) in [5.74, 6) is -0.323. The summed E-state index contributed by atoms with van der Waals surface area (Å²) in [5, 5.41) is 14.8. The monoisotopic (exact) mass is 425 g/mol. The van der Waals surface area contributed by atoms with Gasteiger partial charge in [-0.3, -0.25) is 14.7 Å². The fourth-order valence-corrected chi connectivity index (χ4v) is 2.53. The molecule has 1 heterocycles. The van der Waals surface area contributed by atoms with Crippen LogP contribution >= 0.6 is 34.8 Å². The lowest BCUT2D eigenvalue weighted by molar-refractivity contribution is -0.134. The molecule has 6 nitrogen and oxygen atoms in total. The van der Waals surface area contributed by atoms with Gasteiger partial charge >= 0.3 is 5.97 Å². The highest BCUT2D eigenvalue weighted by atomic mass is 35.5. The molecule has 0 aliphatic rings. The van der Waals surface area contributed by atoms with Crippen molar-refractivity contribution in [1.82, 2.24) is 15.2 Å². The number of rotatable bonds is 5. The number of aromatic nitrogens is 3. The average molecular weight is 427 g/mol. The highest BCUT2D eigenvalue weighted by molar-refractivity contribution is 6.34. The zero-order chi connectivity index (χ0) is 19.8. The number of carboxylic acids is 1. The Morgan fingerprint density at radius 1 is 1.04 bits per heavy atom. The van der Waals surface area contributed by atoms with Gasteiger partial charge in [0.1, 0.15) is 11.7 Å². The molecule has 0 spiro atoms. The lowest BCUT2D eigenvalue weighted by atomic mass is 9.98. The van der Waals surface area contributed by atoms with Crippen molar-refractivity contribution < 1.29 is 14.7 Å². The molecule has 0 unspecified atom stereocenters. The summed E-state index contributed by atoms with van der Waals surface area (Å²) in [5.41, 5.74) is 1.54. The van der Waals surface area contributed by atoms with Crippen LogP contribution in [0, 0.1) is 0 Å². The maximum Gasteiger partial charge on any atom is 0.318 e. The smallest absolute Gasteiger partial charge is 0.318 e. The van der Waals surface area contributed by atoms with Gasteiger partial charge in [-0.1, -0.05) is 54.1 Å². The van der Waals surface area contributed by atoms with Gasteiger partial charge in [0, 0.05) is 11.1 Å². The lowest BCUT2D eigenvalue weighted by Crippen LogP contribution is -2.04. The molecule has 140 valence electrons. The van der Waals surface area contributed by atoms with Crippen LogP contribution in [0.3, 0.4) is 0 Å². The maximum atomic E-state index is 12.7. The van der Waals surface area contributed by atoms with Gasteiger partial charge in [-0.05, 0) is 6.07 Å². The van der Waals surface area contributed by atoms with Gasteiger partial charge in [-0.15, -0.1) is 23.2 Å². The van der Waals surface area contributed by atoms with Gasteiger partial charge in [0.15, 0.2) is 11.6 Å². The molecule has 0 saturated heterocycles. The van der Waals surface area contributed by atoms with E-state index in [1.54, 1.807) is 30.3 Å². The molecule has 9 heteroatoms. The van der Waals surface area contributed by atoms with E-state index in [1.807, 2.05) is 18.2 Å². The van der Waals surface area contributed by atoms with Crippen molar-refractivity contribution in [1.29, 1.82) is 0 Å². The van der Waals surface area contributed by atoms with Gasteiger partial charge in [-0.25, -0.2) is 4.98 Å². The Kier molecular flexibility index (Phi) is 7.79. The SMILES string of the molecule is O=C(O)CCl.O=C(c1ccccc1)c1cccc(Cl)c1-c1n[nH]c(CCl)n1. The fraction of sp³-hybridized carbons (Fsp3) is 0.111. The topological polar surface area (TPSA) is 95.9 Å². The van der Waals surface area contributed by atoms with E-state index in [4.69, 9.17) is 39.9 Å². The number of benzene rings is 2. The van der Waals surface area contributed by atoms with Crippen LogP contribution in [0.2, 0.25) is 5.02 Å². The summed E-state index contributed by atoms with van der Waals surface area (Å²) in [4.78, 5) is 26.2. The summed E-state index contributed by atoms with van der Waals surface area (Å²) in [6, 6.07) is 14.2. The van der Waals surface area contributed by atoms with Crippen molar-refractivity contribution in [3.63, 3.8) is 0 Å². The summed E-state index contributed by atoms with van der Waals surface area (Å²) in [6.45, 7) is 0. The number of hydrogen-bond donors (Lipinski definition) is 2. The van der Waals surface area contributed by atoms with Crippen LogP contribution in [-0.4, -0.2) is 37.9 Å². The molecule has 2 N–H and O–H groups in total. The van der Waals surface area contributed by atoms with Gasteiger partial charge < -0.3 is 5.11 Å². The Balaban J connectivity index is 0.000000465. The van der Waals surface area contributed by atoms with Crippen LogP contribution < -0.4 is 0 Å². The zero-order valence-corrected chi connectivity index (χ0v) is 16.1. The molecule has 1 aromatic heterocycles. The molecule has 3 rings (SSSR count). The Labute approximate surface area is 170 Å². The molecule has 0 fully saturated rings. The highest BCUT2D eigenvalue weighted by Crippen LogP contribution is 2.30. The minimum Gasteiger partial charge on any atom is -0.480 e. The zero-order valence-electron chi connectivity index (χ0n) is 13.8. The number of ketones is 1. The predicted octanol–water partition coefficient (Wildman–Crippen LogP) is 4.40. The van der Waals surface area contributed by atoms with E-state index in [-0.39, 0.29) is 17.5 Å². The van der Waals surface area contributed by atoms with Crippen LogP contribution in [0.1, 0.15) is 21.7 Å². The standard InChI is InChI=1S/C16H11Cl2N3O.C2H3ClO2/c17-9-13-19-16(21-20-13)14-11(7-4-8-12(14)18)15(22)10-5-2-1-3-6-10;3-1-2(4)5/h1-8H,9H2,(H,19,20,21);1H2,(H,4,5). The Morgan fingerprint density at radius 2 is 1.70 bits per heavy atom. The summed E-state index contributed by atoms with van der Waals surface area (Å²) >= 11 is 16.7. The number of nitrogens with one attached hydrogen (secondary N) is 1. The number of aliphatic carboxylic acids is 1. The maximum absolute atomic E-state index is 12.7. The van der Waals surface area contributed by atoms with Crippen LogP contribution in [0.25, 0.3) is 11.4 Å². The van der Waals surface area contributed by atoms with Gasteiger partial charge in [-0.2, -0.15) is 5.10 Å². The second-order valence-corrected chi connectivity index (χ2v) is 6.07. The quantitative estimate of drug-likeness (QED) is 0.465. The molecule has 27 heavy (non-hydrogen) atoms. The minimum absolute atomic E-state index is 0.129. The molecule has 0 aliphatic heterocycles. The van der Waals surface area contributed by atoms with E-state index in [1.165, 1.54) is 0 Å². The van der Waals surface area contributed by atoms with E-state index in [9.17, 15) is 9.59 Å². The average Bonchev–Trinajstić information content (AvgIpc) is 3.17. The van der Waals surface area contributed by atoms with Gasteiger partial charge in [0.2, 0.25) is 0 Å². The third kappa shape index (κ3) is 5.53. The second-order valence-electron chi connectivity index (χ2n) is 5.12. The number of alkyl halides is 2. The van der Waals surface area contributed by atoms with Crippen molar-refractivity contribution in [3.05, 3.63) is 70.5 Å². The number of carbonyl (C=O) groups excluding carboxylic acids is 1. The summed E-state index contributed by atoms with van der Waals surface area (Å²) in [6.07, 6.45) is 0. The Bertz CT molecular complexity index is 930. The third-order valence-corrected chi connectivity index (χ3v) is 4.09. The highest BCUT2D eigenvalue weighted by Gasteiger charge is 2.20. The largest absolute Gasteiger partial charge is 0.480 e. The third-order valence-electron chi connectivity index (χ3n) is 3.29. The molecule has 0 bridgehead atoms. The van der Waals surface area contributed by atoms with Crippen LogP contribution in [-0.2, 0) is 10.7 Å². The number of halogens is 3. The van der Waals surface area contributed by atoms with E-state index >= 15 is 0 Å². The molecule has 0 radical (unpaired) electrons. The van der Waals surface area contributed by atoms with Crippen LogP contribution in [0.5, 0.6) is 0 Å². The molecule has 3 aromatic rings. The molecule has 0 saturated carbocycles. The molecule has 0 atom stereocenters. The normalized spacial score (nSPS) is 10.0. The fourth-order valence-electron chi connectivity index (χ4n) is 2.15. The number of hydrogen-bond acceptors (Lipinski definition) is 4. The summed E-state index contributed by atoms with van der Waals surface area (Å²) < 4.78 is 0. The molecular formula is C18H14Cl3N3O3. The predicted molar refractivity (Wildman–Crippen MR) is 105 cm³/mol. The van der Waals surface area contributed by atoms with Crippen LogP contribution in [0.4, 0.5) is 0 Å². The number of H-pyrrole nitrogens is 1. The second kappa shape index (κ2) is 10.1. The van der Waals surface area contributed by atoms with Gasteiger partial charge in [0.25, 0.3) is 0 Å². The van der Waals surface area contributed by atoms with Gasteiger partial charge in [0.05, 0.1) is 16.5 Å². The first-order valence-electron chi connectivity index (χ1n) is 7.61. The first-order valence-corrected chi connectivity index (χ1v) is 9.06. The number of nitrogens with zero attached hydrogens (tertiary/aromatic N) is 2. The summed E-state index contributed by atoms with van der Waals surface area (Å²) in [7, 11) is 0. The minimum atomic E-state index is -0.980. The Hall–Kier alpha value is -2.41. The number of carbonyl (C=O) groups is 2. The molecular weight excluding hydrogens is 413 g/mol. The van der Waals surface area contributed by atoms with Crippen molar-refractivity contribution >= 4 is 46.6 Å². The van der Waals surface area contributed by atoms with E-state index < -0.39 is 5.97 Å². The van der Waals surface area contributed by atoms with Crippen molar-refractivity contribution in [3.8, 4) is 11.4 Å². The first kappa shape index (κ1) is 20.9. The van der Waals surface area contributed by atoms with Crippen molar-refractivity contribution in [2.24, 2.45) is 0 Å². The van der Waals surface area contributed by atoms with Crippen molar-refractivity contribution in [2.45, 2.75) is 5.88 Å². The number of aromatic amines is 1. The molecule has 0 amide bonds. The lowest BCUT2D eigenvalue weighted by Gasteiger charge is -2.08. The van der Waals surface area contributed by atoms with Crippen LogP contribution in [0.15, 0.2) is 48.5 Å².